The van der Waals surface area contributed by atoms with E-state index in [9.17, 15) is 39.6 Å². The summed E-state index contributed by atoms with van der Waals surface area (Å²) >= 11 is 3.62. The number of carboxylic acids is 1. The van der Waals surface area contributed by atoms with Crippen LogP contribution in [0.1, 0.15) is 32.0 Å². The SMILES string of the molecule is CC1=NC2=CN(CO)NN2C(SCC2=C(C(=O)O)N3C(=O)C(NC(=O)/C(=N\OC(C)(C)C(=O)N/N=C/c4ccc(O)c(O)c4)c4csc(N)n4)[C@H]3SC2)=C1. The van der Waals surface area contributed by atoms with Crippen LogP contribution in [-0.4, -0.2) is 117 Å². The van der Waals surface area contributed by atoms with Crippen molar-refractivity contribution in [2.24, 2.45) is 15.2 Å². The Morgan fingerprint density at radius 3 is 2.72 bits per heavy atom. The normalized spacial score (nSPS) is 19.9. The van der Waals surface area contributed by atoms with Crippen LogP contribution in [0.2, 0.25) is 0 Å². The Balaban J connectivity index is 1.13. The van der Waals surface area contributed by atoms with Gasteiger partial charge in [0.2, 0.25) is 5.60 Å². The van der Waals surface area contributed by atoms with Gasteiger partial charge in [-0.3, -0.25) is 24.3 Å². The van der Waals surface area contributed by atoms with Crippen molar-refractivity contribution in [3.05, 3.63) is 69.2 Å². The zero-order valence-electron chi connectivity index (χ0n) is 28.6. The fraction of sp³-hybridized carbons (Fsp3) is 0.290. The molecule has 0 radical (unpaired) electrons. The van der Waals surface area contributed by atoms with Crippen molar-refractivity contribution in [3.63, 3.8) is 0 Å². The molecule has 54 heavy (non-hydrogen) atoms. The minimum absolute atomic E-state index is 0.00614. The predicted molar refractivity (Wildman–Crippen MR) is 199 cm³/mol. The number of aromatic hydroxyl groups is 2. The highest BCUT2D eigenvalue weighted by atomic mass is 32.2. The third-order valence-electron chi connectivity index (χ3n) is 7.93. The Morgan fingerprint density at radius 1 is 1.26 bits per heavy atom. The number of thiazole rings is 1. The van der Waals surface area contributed by atoms with Gasteiger partial charge in [0.05, 0.1) is 17.4 Å². The second-order valence-electron chi connectivity index (χ2n) is 12.2. The topological polar surface area (TPSA) is 280 Å². The molecule has 1 aromatic carbocycles. The highest BCUT2D eigenvalue weighted by Gasteiger charge is 2.54. The van der Waals surface area contributed by atoms with Crippen LogP contribution in [0.5, 0.6) is 11.5 Å². The first-order valence-electron chi connectivity index (χ1n) is 15.8. The second kappa shape index (κ2) is 15.4. The highest BCUT2D eigenvalue weighted by molar-refractivity contribution is 8.03. The van der Waals surface area contributed by atoms with E-state index in [0.29, 0.717) is 27.7 Å². The number of nitrogen functional groups attached to an aromatic ring is 1. The molecule has 2 atom stereocenters. The average molecular weight is 800 g/mol. The number of benzene rings is 1. The van der Waals surface area contributed by atoms with Crippen molar-refractivity contribution in [2.75, 3.05) is 24.0 Å². The lowest BCUT2D eigenvalue weighted by atomic mass is 10.0. The van der Waals surface area contributed by atoms with Crippen LogP contribution in [-0.2, 0) is 24.0 Å². The Morgan fingerprint density at radius 2 is 2.04 bits per heavy atom. The molecule has 4 aliphatic rings. The van der Waals surface area contributed by atoms with E-state index in [1.54, 1.807) is 11.2 Å². The number of rotatable bonds is 13. The molecule has 284 valence electrons. The van der Waals surface area contributed by atoms with Gasteiger partial charge in [0, 0.05) is 22.6 Å². The number of nitrogens with one attached hydrogen (secondary N) is 3. The molecule has 1 aromatic heterocycles. The third-order valence-corrected chi connectivity index (χ3v) is 11.0. The number of nitrogens with zero attached hydrogens (tertiary/aromatic N) is 7. The number of phenols is 2. The number of hydrogen-bond donors (Lipinski definition) is 8. The number of amides is 3. The molecule has 6 rings (SSSR count). The van der Waals surface area contributed by atoms with E-state index in [-0.39, 0.29) is 46.3 Å². The second-order valence-corrected chi connectivity index (χ2v) is 15.2. The van der Waals surface area contributed by atoms with Gasteiger partial charge >= 0.3 is 5.97 Å². The standard InChI is InChI=1S/C31H33N11O9S3/c1-14-6-21(42-20(34-14)9-40(13-43)39-42)52-10-16-11-53-27-23(26(47)41(27)24(16)28(48)49)36-25(46)22(17-12-54-30(32)35-17)38-51-31(2,3)29(50)37-33-8-15-4-5-18(44)19(45)7-15/h4-9,12,23,27,39,43-45H,10-11,13H2,1-3H3,(H2,32,35)(H,36,46)(H,37,50)(H,48,49)/b33-8+,38-22-/t23?,27-/m1/s1. The quantitative estimate of drug-likeness (QED) is 0.0588. The number of hydrazine groups is 2. The van der Waals surface area contributed by atoms with Crippen molar-refractivity contribution in [1.29, 1.82) is 0 Å². The lowest BCUT2D eigenvalue weighted by Gasteiger charge is -2.49. The molecule has 20 nitrogen and oxygen atoms in total. The number of phenolic OH excluding ortho intramolecular Hbond substituents is 2. The molecule has 2 aromatic rings. The summed E-state index contributed by atoms with van der Waals surface area (Å²) in [5, 5.41) is 53.8. The Labute approximate surface area is 318 Å². The maximum atomic E-state index is 13.6. The summed E-state index contributed by atoms with van der Waals surface area (Å²) in [6.07, 6.45) is 4.66. The number of thioether (sulfide) groups is 2. The molecule has 0 bridgehead atoms. The third kappa shape index (κ3) is 7.84. The summed E-state index contributed by atoms with van der Waals surface area (Å²) in [7, 11) is 0. The molecule has 1 saturated heterocycles. The summed E-state index contributed by atoms with van der Waals surface area (Å²) in [5.41, 5.74) is 10.4. The van der Waals surface area contributed by atoms with Crippen molar-refractivity contribution in [2.45, 2.75) is 37.8 Å². The van der Waals surface area contributed by atoms with Crippen LogP contribution >= 0.6 is 34.9 Å². The van der Waals surface area contributed by atoms with Gasteiger partial charge < -0.3 is 36.3 Å². The van der Waals surface area contributed by atoms with Gasteiger partial charge in [0.25, 0.3) is 17.7 Å². The lowest BCUT2D eigenvalue weighted by Crippen LogP contribution is -2.71. The molecule has 0 aliphatic carbocycles. The number of β-lactam (4-membered cyclic amide) rings is 1. The largest absolute Gasteiger partial charge is 0.504 e. The van der Waals surface area contributed by atoms with E-state index in [0.717, 1.165) is 16.2 Å². The highest BCUT2D eigenvalue weighted by Crippen LogP contribution is 2.42. The number of carbonyl (C=O) groups excluding carboxylic acids is 3. The summed E-state index contributed by atoms with van der Waals surface area (Å²) in [6.45, 7) is 4.24. The molecule has 0 spiro atoms. The average Bonchev–Trinajstić information content (AvgIpc) is 3.76. The van der Waals surface area contributed by atoms with Gasteiger partial charge in [-0.05, 0) is 56.2 Å². The minimum atomic E-state index is -1.69. The molecule has 0 saturated carbocycles. The first-order valence-corrected chi connectivity index (χ1v) is 18.7. The molecule has 4 aliphatic heterocycles. The summed E-state index contributed by atoms with van der Waals surface area (Å²) in [4.78, 5) is 67.7. The summed E-state index contributed by atoms with van der Waals surface area (Å²) in [6, 6.07) is 2.81. The summed E-state index contributed by atoms with van der Waals surface area (Å²) in [5.74, 6) is -3.27. The zero-order valence-corrected chi connectivity index (χ0v) is 31.0. The van der Waals surface area contributed by atoms with Gasteiger partial charge in [-0.1, -0.05) is 5.16 Å². The number of aliphatic hydroxyl groups excluding tert-OH is 1. The fourth-order valence-electron chi connectivity index (χ4n) is 5.17. The predicted octanol–water partition coefficient (Wildman–Crippen LogP) is 0.360. The number of carboxylic acid groups (broad SMARTS) is 1. The van der Waals surface area contributed by atoms with Crippen LogP contribution in [0.3, 0.4) is 0 Å². The minimum Gasteiger partial charge on any atom is -0.504 e. The van der Waals surface area contributed by atoms with Gasteiger partial charge in [-0.2, -0.15) is 5.10 Å². The summed E-state index contributed by atoms with van der Waals surface area (Å²) < 4.78 is 0. The monoisotopic (exact) mass is 799 g/mol. The van der Waals surface area contributed by atoms with Gasteiger partial charge in [0.15, 0.2) is 28.2 Å². The van der Waals surface area contributed by atoms with Crippen LogP contribution in [0, 0.1) is 0 Å². The molecule has 1 unspecified atom stereocenters. The Hall–Kier alpha value is -5.62. The number of hydrogen-bond acceptors (Lipinski definition) is 19. The number of aliphatic carboxylic acids is 1. The molecule has 1 fully saturated rings. The van der Waals surface area contributed by atoms with Crippen LogP contribution in [0.15, 0.2) is 73.2 Å². The van der Waals surface area contributed by atoms with Gasteiger partial charge in [0.1, 0.15) is 29.5 Å². The first-order chi connectivity index (χ1) is 25.7. The van der Waals surface area contributed by atoms with Crippen molar-refractivity contribution >= 4 is 81.3 Å². The first kappa shape index (κ1) is 38.1. The van der Waals surface area contributed by atoms with Crippen LogP contribution < -0.4 is 22.0 Å². The van der Waals surface area contributed by atoms with Gasteiger partial charge in [-0.15, -0.1) is 40.4 Å². The van der Waals surface area contributed by atoms with E-state index in [2.05, 4.69) is 36.5 Å². The fourth-order valence-corrected chi connectivity index (χ4v) is 8.27. The maximum absolute atomic E-state index is 13.6. The molecule has 5 heterocycles. The molecule has 9 N–H and O–H groups in total. The molecule has 23 heteroatoms. The number of oxime groups is 1. The number of aliphatic hydroxyl groups is 1. The van der Waals surface area contributed by atoms with Crippen molar-refractivity contribution < 1.29 is 44.4 Å². The van der Waals surface area contributed by atoms with Crippen molar-refractivity contribution in [3.8, 4) is 11.5 Å². The molecular weight excluding hydrogens is 767 g/mol. The van der Waals surface area contributed by atoms with E-state index in [4.69, 9.17) is 10.6 Å². The number of carbonyl (C=O) groups is 4. The molecular formula is C31H33N11O9S3. The van der Waals surface area contributed by atoms with Crippen molar-refractivity contribution in [1.82, 2.24) is 36.2 Å². The number of aliphatic imine (C=N–C) groups is 1. The number of nitrogens with two attached hydrogens (primary N) is 1. The molecule has 3 amide bonds. The number of fused-ring (bicyclic) bond motifs is 2. The number of aromatic nitrogens is 1. The van der Waals surface area contributed by atoms with E-state index in [1.165, 1.54) is 72.2 Å². The van der Waals surface area contributed by atoms with Crippen LogP contribution in [0.25, 0.3) is 0 Å². The Bertz CT molecular complexity index is 2100. The van der Waals surface area contributed by atoms with E-state index < -0.39 is 46.4 Å². The smallest absolute Gasteiger partial charge is 0.352 e. The zero-order chi connectivity index (χ0) is 38.9. The number of hydrazone groups is 1. The number of anilines is 1. The maximum Gasteiger partial charge on any atom is 0.352 e. The lowest BCUT2D eigenvalue weighted by molar-refractivity contribution is -0.150. The number of allylic oxidation sites excluding steroid dienone is 1. The Kier molecular flexibility index (Phi) is 10.9. The van der Waals surface area contributed by atoms with E-state index >= 15 is 0 Å². The van der Waals surface area contributed by atoms with Crippen LogP contribution in [0.4, 0.5) is 5.13 Å². The van der Waals surface area contributed by atoms with E-state index in [1.807, 2.05) is 13.0 Å². The van der Waals surface area contributed by atoms with Gasteiger partial charge in [-0.25, -0.2) is 25.2 Å².